The van der Waals surface area contributed by atoms with Crippen LogP contribution in [0.1, 0.15) is 0 Å². The van der Waals surface area contributed by atoms with Gasteiger partial charge in [-0.15, -0.1) is 0 Å². The summed E-state index contributed by atoms with van der Waals surface area (Å²) in [7, 11) is 1.53. The number of aliphatic hydroxyl groups excluding tert-OH is 2. The SMILES string of the molecule is COCCn1cc(Oc2c(Cl)cc(N3N=C(C#N)C(O)NC3O)cc2Cl)ccc1=O. The zero-order valence-corrected chi connectivity index (χ0v) is 17.1. The minimum absolute atomic E-state index is 0.0965. The minimum atomic E-state index is -1.42. The van der Waals surface area contributed by atoms with Crippen LogP contribution >= 0.6 is 23.2 Å². The number of rotatable bonds is 6. The van der Waals surface area contributed by atoms with E-state index in [4.69, 9.17) is 37.9 Å². The van der Waals surface area contributed by atoms with Crippen molar-refractivity contribution in [3.05, 3.63) is 50.9 Å². The molecule has 0 spiro atoms. The van der Waals surface area contributed by atoms with Crippen molar-refractivity contribution in [2.75, 3.05) is 18.7 Å². The van der Waals surface area contributed by atoms with Crippen LogP contribution in [-0.4, -0.2) is 46.8 Å². The van der Waals surface area contributed by atoms with E-state index >= 15 is 0 Å². The summed E-state index contributed by atoms with van der Waals surface area (Å²) >= 11 is 12.6. The molecular weight excluding hydrogens is 437 g/mol. The zero-order valence-electron chi connectivity index (χ0n) is 15.6. The van der Waals surface area contributed by atoms with Gasteiger partial charge in [0.2, 0.25) is 6.35 Å². The fraction of sp³-hybridized carbons (Fsp3) is 0.278. The van der Waals surface area contributed by atoms with Crippen LogP contribution in [0, 0.1) is 11.3 Å². The second-order valence-electron chi connectivity index (χ2n) is 6.11. The van der Waals surface area contributed by atoms with E-state index < -0.39 is 12.6 Å². The second-order valence-corrected chi connectivity index (χ2v) is 6.93. The van der Waals surface area contributed by atoms with E-state index in [-0.39, 0.29) is 32.8 Å². The molecule has 0 saturated carbocycles. The molecule has 2 unspecified atom stereocenters. The minimum Gasteiger partial charge on any atom is -0.453 e. The summed E-state index contributed by atoms with van der Waals surface area (Å²) in [4.78, 5) is 11.9. The molecule has 0 bridgehead atoms. The van der Waals surface area contributed by atoms with Crippen molar-refractivity contribution in [1.82, 2.24) is 9.88 Å². The van der Waals surface area contributed by atoms with Gasteiger partial charge in [0, 0.05) is 25.9 Å². The van der Waals surface area contributed by atoms with Crippen LogP contribution in [0.15, 0.2) is 40.4 Å². The average molecular weight is 454 g/mol. The molecule has 1 aromatic carbocycles. The van der Waals surface area contributed by atoms with E-state index in [1.807, 2.05) is 0 Å². The zero-order chi connectivity index (χ0) is 21.8. The number of hydrogen-bond acceptors (Lipinski definition) is 9. The number of halogens is 2. The van der Waals surface area contributed by atoms with Crippen LogP contribution in [-0.2, 0) is 11.3 Å². The topological polar surface area (TPSA) is 132 Å². The molecule has 0 radical (unpaired) electrons. The van der Waals surface area contributed by atoms with E-state index in [0.717, 1.165) is 5.01 Å². The smallest absolute Gasteiger partial charge is 0.250 e. The van der Waals surface area contributed by atoms with Crippen molar-refractivity contribution in [3.8, 4) is 17.6 Å². The first-order chi connectivity index (χ1) is 14.3. The van der Waals surface area contributed by atoms with E-state index in [0.29, 0.717) is 18.9 Å². The highest BCUT2D eigenvalue weighted by atomic mass is 35.5. The number of ether oxygens (including phenoxy) is 2. The number of nitrogens with one attached hydrogen (secondary N) is 1. The van der Waals surface area contributed by atoms with Gasteiger partial charge in [-0.05, 0) is 18.2 Å². The van der Waals surface area contributed by atoms with Gasteiger partial charge < -0.3 is 24.3 Å². The van der Waals surface area contributed by atoms with Gasteiger partial charge in [-0.2, -0.15) is 10.4 Å². The highest BCUT2D eigenvalue weighted by molar-refractivity contribution is 6.37. The normalized spacial score (nSPS) is 18.7. The largest absolute Gasteiger partial charge is 0.453 e. The van der Waals surface area contributed by atoms with Gasteiger partial charge in [-0.3, -0.25) is 4.79 Å². The predicted octanol–water partition coefficient (Wildman–Crippen LogP) is 1.48. The number of nitrogens with zero attached hydrogens (tertiary/aromatic N) is 4. The molecule has 0 fully saturated rings. The third-order valence-electron chi connectivity index (χ3n) is 4.09. The van der Waals surface area contributed by atoms with Crippen molar-refractivity contribution in [3.63, 3.8) is 0 Å². The van der Waals surface area contributed by atoms with Crippen molar-refractivity contribution >= 4 is 34.6 Å². The van der Waals surface area contributed by atoms with Crippen LogP contribution < -0.4 is 20.6 Å². The summed E-state index contributed by atoms with van der Waals surface area (Å²) < 4.78 is 12.2. The van der Waals surface area contributed by atoms with Crippen LogP contribution in [0.3, 0.4) is 0 Å². The average Bonchev–Trinajstić information content (AvgIpc) is 2.71. The molecule has 2 heterocycles. The van der Waals surface area contributed by atoms with Crippen molar-refractivity contribution in [2.45, 2.75) is 19.1 Å². The van der Waals surface area contributed by atoms with Crippen LogP contribution in [0.5, 0.6) is 11.5 Å². The van der Waals surface area contributed by atoms with Crippen LogP contribution in [0.2, 0.25) is 10.0 Å². The Morgan fingerprint density at radius 1 is 1.30 bits per heavy atom. The molecule has 0 aliphatic carbocycles. The van der Waals surface area contributed by atoms with Gasteiger partial charge in [-0.1, -0.05) is 23.2 Å². The Balaban J connectivity index is 1.90. The molecule has 1 aromatic heterocycles. The van der Waals surface area contributed by atoms with Gasteiger partial charge >= 0.3 is 0 Å². The Hall–Kier alpha value is -2.65. The number of methoxy groups -OCH3 is 1. The van der Waals surface area contributed by atoms with Crippen LogP contribution in [0.25, 0.3) is 0 Å². The summed E-state index contributed by atoms with van der Waals surface area (Å²) in [6.45, 7) is 0.698. The third-order valence-corrected chi connectivity index (χ3v) is 4.65. The molecule has 2 aromatic rings. The Kier molecular flexibility index (Phi) is 6.94. The lowest BCUT2D eigenvalue weighted by Gasteiger charge is -2.32. The highest BCUT2D eigenvalue weighted by Gasteiger charge is 2.29. The maximum atomic E-state index is 11.9. The molecule has 0 saturated heterocycles. The molecule has 1 aliphatic heterocycles. The van der Waals surface area contributed by atoms with E-state index in [1.54, 1.807) is 6.07 Å². The maximum Gasteiger partial charge on any atom is 0.250 e. The maximum absolute atomic E-state index is 11.9. The summed E-state index contributed by atoms with van der Waals surface area (Å²) in [5.74, 6) is 0.456. The number of benzene rings is 1. The van der Waals surface area contributed by atoms with E-state index in [2.05, 4.69) is 10.4 Å². The van der Waals surface area contributed by atoms with Gasteiger partial charge in [0.25, 0.3) is 5.56 Å². The summed E-state index contributed by atoms with van der Waals surface area (Å²) in [5, 5.41) is 36.3. The number of hydrogen-bond donors (Lipinski definition) is 3. The Morgan fingerprint density at radius 2 is 2.00 bits per heavy atom. The summed E-state index contributed by atoms with van der Waals surface area (Å²) in [6, 6.07) is 7.40. The Bertz CT molecular complexity index is 1040. The molecule has 10 nitrogen and oxygen atoms in total. The third kappa shape index (κ3) is 4.73. The second kappa shape index (κ2) is 9.44. The van der Waals surface area contributed by atoms with Gasteiger partial charge in [0.15, 0.2) is 17.7 Å². The summed E-state index contributed by atoms with van der Waals surface area (Å²) in [5.41, 5.74) is -0.208. The van der Waals surface area contributed by atoms with E-state index in [1.165, 1.54) is 42.1 Å². The molecule has 12 heteroatoms. The monoisotopic (exact) mass is 453 g/mol. The van der Waals surface area contributed by atoms with Crippen LogP contribution in [0.4, 0.5) is 5.69 Å². The lowest BCUT2D eigenvalue weighted by atomic mass is 10.2. The van der Waals surface area contributed by atoms with Crippen molar-refractivity contribution < 1.29 is 19.7 Å². The van der Waals surface area contributed by atoms with E-state index in [9.17, 15) is 15.0 Å². The number of aliphatic hydroxyl groups is 2. The van der Waals surface area contributed by atoms with Gasteiger partial charge in [-0.25, -0.2) is 10.3 Å². The number of pyridine rings is 1. The first-order valence-corrected chi connectivity index (χ1v) is 9.36. The molecule has 158 valence electrons. The van der Waals surface area contributed by atoms with Gasteiger partial charge in [0.1, 0.15) is 11.8 Å². The van der Waals surface area contributed by atoms with Crippen molar-refractivity contribution in [1.29, 1.82) is 5.26 Å². The lowest BCUT2D eigenvalue weighted by Crippen LogP contribution is -2.55. The number of hydrazone groups is 1. The molecule has 2 atom stereocenters. The summed E-state index contributed by atoms with van der Waals surface area (Å²) in [6.07, 6.45) is -1.31. The quantitative estimate of drug-likeness (QED) is 0.598. The Labute approximate surface area is 181 Å². The molecule has 1 aliphatic rings. The van der Waals surface area contributed by atoms with Crippen molar-refractivity contribution in [2.24, 2.45) is 5.10 Å². The fourth-order valence-electron chi connectivity index (χ4n) is 2.63. The number of aromatic nitrogens is 1. The number of anilines is 1. The lowest BCUT2D eigenvalue weighted by molar-refractivity contribution is 0.0631. The fourth-order valence-corrected chi connectivity index (χ4v) is 3.18. The standard InChI is InChI=1S/C18H17Cl2N5O5/c1-29-5-4-24-9-11(2-3-15(24)26)30-16-12(19)6-10(7-13(16)20)25-18(28)22-17(27)14(8-21)23-25/h2-3,6-7,9,17-18,22,27-28H,4-5H2,1H3. The molecular formula is C18H17Cl2N5O5. The number of nitriles is 1. The van der Waals surface area contributed by atoms with Gasteiger partial charge in [0.05, 0.1) is 22.3 Å². The molecule has 0 amide bonds. The molecule has 3 N–H and O–H groups in total. The first-order valence-electron chi connectivity index (χ1n) is 8.60. The first kappa shape index (κ1) is 22.0. The highest BCUT2D eigenvalue weighted by Crippen LogP contribution is 2.40. The molecule has 30 heavy (non-hydrogen) atoms. The predicted molar refractivity (Wildman–Crippen MR) is 110 cm³/mol. The molecule has 3 rings (SSSR count). The Morgan fingerprint density at radius 3 is 2.63 bits per heavy atom.